The quantitative estimate of drug-likeness (QED) is 0.851. The molecule has 5 nitrogen and oxygen atoms in total. The van der Waals surface area contributed by atoms with Gasteiger partial charge in [0.2, 0.25) is 10.0 Å². The zero-order chi connectivity index (χ0) is 15.6. The summed E-state index contributed by atoms with van der Waals surface area (Å²) in [5.74, 6) is 0. The van der Waals surface area contributed by atoms with Crippen LogP contribution in [0.1, 0.15) is 25.3 Å². The minimum absolute atomic E-state index is 0.0178. The van der Waals surface area contributed by atoms with Crippen molar-refractivity contribution in [2.75, 3.05) is 6.61 Å². The zero-order valence-corrected chi connectivity index (χ0v) is 13.8. The number of hydrogen-bond acceptors (Lipinski definition) is 4. The van der Waals surface area contributed by atoms with Crippen molar-refractivity contribution in [3.63, 3.8) is 0 Å². The van der Waals surface area contributed by atoms with Gasteiger partial charge in [0.1, 0.15) is 4.90 Å². The van der Waals surface area contributed by atoms with Crippen LogP contribution < -0.4 is 4.72 Å². The first-order valence-electron chi connectivity index (χ1n) is 6.58. The average Bonchev–Trinajstić information content (AvgIpc) is 2.91. The highest BCUT2D eigenvalue weighted by molar-refractivity contribution is 7.89. The van der Waals surface area contributed by atoms with E-state index in [1.807, 2.05) is 0 Å². The normalized spacial score (nSPS) is 20.7. The van der Waals surface area contributed by atoms with E-state index in [-0.39, 0.29) is 33.7 Å². The largest absolute Gasteiger partial charge is 0.392 e. The molecule has 1 heterocycles. The van der Waals surface area contributed by atoms with E-state index in [9.17, 15) is 13.5 Å². The molecule has 1 aromatic rings. The lowest BCUT2D eigenvalue weighted by atomic mass is 10.1. The Kier molecular flexibility index (Phi) is 5.51. The molecule has 1 aliphatic rings. The summed E-state index contributed by atoms with van der Waals surface area (Å²) < 4.78 is 32.9. The summed E-state index contributed by atoms with van der Waals surface area (Å²) in [6, 6.07) is 2.25. The first kappa shape index (κ1) is 17.0. The van der Waals surface area contributed by atoms with Crippen molar-refractivity contribution in [1.82, 2.24) is 4.72 Å². The van der Waals surface area contributed by atoms with Crippen molar-refractivity contribution >= 4 is 33.2 Å². The predicted octanol–water partition coefficient (Wildman–Crippen LogP) is 2.33. The maximum absolute atomic E-state index is 12.4. The molecule has 0 amide bonds. The first-order chi connectivity index (χ1) is 9.85. The monoisotopic (exact) mass is 353 g/mol. The number of halogens is 2. The molecule has 0 bridgehead atoms. The second kappa shape index (κ2) is 6.81. The number of sulfonamides is 1. The maximum atomic E-state index is 12.4. The highest BCUT2D eigenvalue weighted by Gasteiger charge is 2.28. The summed E-state index contributed by atoms with van der Waals surface area (Å²) >= 11 is 11.9. The number of aliphatic hydroxyl groups is 1. The minimum atomic E-state index is -3.81. The number of nitrogens with one attached hydrogen (secondary N) is 1. The second-order valence-corrected chi connectivity index (χ2v) is 7.49. The van der Waals surface area contributed by atoms with Gasteiger partial charge in [0, 0.05) is 17.7 Å². The Morgan fingerprint density at radius 3 is 2.71 bits per heavy atom. The lowest BCUT2D eigenvalue weighted by Crippen LogP contribution is -2.40. The molecule has 0 saturated carbocycles. The van der Waals surface area contributed by atoms with Crippen LogP contribution >= 0.6 is 23.2 Å². The average molecular weight is 354 g/mol. The molecule has 1 fully saturated rings. The molecule has 2 N–H and O–H groups in total. The Bertz CT molecular complexity index is 615. The lowest BCUT2D eigenvalue weighted by Gasteiger charge is -2.20. The van der Waals surface area contributed by atoms with E-state index < -0.39 is 10.0 Å². The molecule has 1 aromatic carbocycles. The number of rotatable bonds is 5. The van der Waals surface area contributed by atoms with Gasteiger partial charge in [0.05, 0.1) is 17.7 Å². The molecule has 118 valence electrons. The third-order valence-corrected chi connectivity index (χ3v) is 5.80. The fraction of sp³-hybridized carbons (Fsp3) is 0.538. The van der Waals surface area contributed by atoms with Crippen LogP contribution in [0, 0.1) is 0 Å². The standard InChI is InChI=1S/C13H17Cl2NO4S/c1-8(12-3-2-4-20-12)16-21(18,19)13-5-9(7-17)10(14)6-11(13)15/h5-6,8,12,16-17H,2-4,7H2,1H3. The molecule has 2 unspecified atom stereocenters. The summed E-state index contributed by atoms with van der Waals surface area (Å²) in [5, 5.41) is 9.44. The van der Waals surface area contributed by atoms with Gasteiger partial charge in [-0.25, -0.2) is 13.1 Å². The fourth-order valence-corrected chi connectivity index (χ4v) is 4.41. The summed E-state index contributed by atoms with van der Waals surface area (Å²) in [6.07, 6.45) is 1.61. The summed E-state index contributed by atoms with van der Waals surface area (Å²) in [4.78, 5) is -0.0949. The Balaban J connectivity index is 2.26. The van der Waals surface area contributed by atoms with Gasteiger partial charge in [-0.3, -0.25) is 0 Å². The molecule has 0 spiro atoms. The summed E-state index contributed by atoms with van der Waals surface area (Å²) in [5.41, 5.74) is 0.311. The van der Waals surface area contributed by atoms with Gasteiger partial charge >= 0.3 is 0 Å². The van der Waals surface area contributed by atoms with Gasteiger partial charge < -0.3 is 9.84 Å². The molecule has 0 aliphatic carbocycles. The van der Waals surface area contributed by atoms with Crippen molar-refractivity contribution in [2.45, 2.75) is 43.4 Å². The van der Waals surface area contributed by atoms with Crippen molar-refractivity contribution in [3.05, 3.63) is 27.7 Å². The van der Waals surface area contributed by atoms with Crippen molar-refractivity contribution in [2.24, 2.45) is 0 Å². The van der Waals surface area contributed by atoms with Crippen molar-refractivity contribution in [3.8, 4) is 0 Å². The molecule has 21 heavy (non-hydrogen) atoms. The summed E-state index contributed by atoms with van der Waals surface area (Å²) in [7, 11) is -3.81. The van der Waals surface area contributed by atoms with E-state index in [2.05, 4.69) is 4.72 Å². The van der Waals surface area contributed by atoms with E-state index in [0.29, 0.717) is 12.2 Å². The molecule has 2 rings (SSSR count). The molecular formula is C13H17Cl2NO4S. The maximum Gasteiger partial charge on any atom is 0.242 e. The third kappa shape index (κ3) is 3.88. The van der Waals surface area contributed by atoms with Crippen LogP contribution in [0.3, 0.4) is 0 Å². The molecule has 0 aromatic heterocycles. The van der Waals surface area contributed by atoms with Crippen LogP contribution in [0.5, 0.6) is 0 Å². The highest BCUT2D eigenvalue weighted by Crippen LogP contribution is 2.29. The lowest BCUT2D eigenvalue weighted by molar-refractivity contribution is 0.0902. The SMILES string of the molecule is CC(NS(=O)(=O)c1cc(CO)c(Cl)cc1Cl)C1CCCO1. The van der Waals surface area contributed by atoms with Crippen molar-refractivity contribution < 1.29 is 18.3 Å². The second-order valence-electron chi connectivity index (χ2n) is 4.99. The highest BCUT2D eigenvalue weighted by atomic mass is 35.5. The number of hydrogen-bond donors (Lipinski definition) is 2. The molecule has 1 saturated heterocycles. The van der Waals surface area contributed by atoms with Gasteiger partial charge in [0.15, 0.2) is 0 Å². The van der Waals surface area contributed by atoms with Crippen LogP contribution in [0.4, 0.5) is 0 Å². The molecule has 1 aliphatic heterocycles. The van der Waals surface area contributed by atoms with E-state index in [4.69, 9.17) is 27.9 Å². The number of benzene rings is 1. The first-order valence-corrected chi connectivity index (χ1v) is 8.82. The van der Waals surface area contributed by atoms with E-state index >= 15 is 0 Å². The minimum Gasteiger partial charge on any atom is -0.392 e. The van der Waals surface area contributed by atoms with E-state index in [0.717, 1.165) is 12.8 Å². The van der Waals surface area contributed by atoms with Crippen LogP contribution in [-0.2, 0) is 21.4 Å². The Hall–Kier alpha value is -0.370. The van der Waals surface area contributed by atoms with E-state index in [1.165, 1.54) is 12.1 Å². The topological polar surface area (TPSA) is 75.6 Å². The van der Waals surface area contributed by atoms with Gasteiger partial charge in [-0.05, 0) is 37.5 Å². The Morgan fingerprint density at radius 1 is 1.43 bits per heavy atom. The molecule has 2 atom stereocenters. The van der Waals surface area contributed by atoms with Crippen molar-refractivity contribution in [1.29, 1.82) is 0 Å². The fourth-order valence-electron chi connectivity index (χ4n) is 2.28. The molecule has 0 radical (unpaired) electrons. The van der Waals surface area contributed by atoms with Gasteiger partial charge in [0.25, 0.3) is 0 Å². The Morgan fingerprint density at radius 2 is 2.14 bits per heavy atom. The third-order valence-electron chi connectivity index (χ3n) is 3.42. The van der Waals surface area contributed by atoms with Crippen LogP contribution in [0.25, 0.3) is 0 Å². The number of ether oxygens (including phenoxy) is 1. The molecular weight excluding hydrogens is 337 g/mol. The zero-order valence-electron chi connectivity index (χ0n) is 11.5. The van der Waals surface area contributed by atoms with Gasteiger partial charge in [-0.1, -0.05) is 23.2 Å². The van der Waals surface area contributed by atoms with Crippen LogP contribution in [0.2, 0.25) is 10.0 Å². The van der Waals surface area contributed by atoms with Crippen LogP contribution in [-0.4, -0.2) is 32.3 Å². The van der Waals surface area contributed by atoms with Crippen LogP contribution in [0.15, 0.2) is 17.0 Å². The smallest absolute Gasteiger partial charge is 0.242 e. The van der Waals surface area contributed by atoms with E-state index in [1.54, 1.807) is 6.92 Å². The van der Waals surface area contributed by atoms with Gasteiger partial charge in [-0.2, -0.15) is 0 Å². The summed E-state index contributed by atoms with van der Waals surface area (Å²) in [6.45, 7) is 2.04. The number of aliphatic hydroxyl groups excluding tert-OH is 1. The predicted molar refractivity (Wildman–Crippen MR) is 81.1 cm³/mol. The Labute approximate surface area is 134 Å². The van der Waals surface area contributed by atoms with Gasteiger partial charge in [-0.15, -0.1) is 0 Å². The molecule has 8 heteroatoms.